The molecule has 0 radical (unpaired) electrons. The van der Waals surface area contributed by atoms with Crippen LogP contribution in [0.15, 0.2) is 47.6 Å². The quantitative estimate of drug-likeness (QED) is 0.276. The average Bonchev–Trinajstić information content (AvgIpc) is 2.56. The Labute approximate surface area is 150 Å². The van der Waals surface area contributed by atoms with Crippen molar-refractivity contribution in [2.24, 2.45) is 5.10 Å². The summed E-state index contributed by atoms with van der Waals surface area (Å²) < 4.78 is 1.09. The third kappa shape index (κ3) is 5.19. The number of aromatic hydroxyl groups is 1. The molecule has 124 valence electrons. The zero-order valence-corrected chi connectivity index (χ0v) is 14.4. The van der Waals surface area contributed by atoms with Gasteiger partial charge in [0.05, 0.1) is 17.7 Å². The van der Waals surface area contributed by atoms with E-state index < -0.39 is 10.8 Å². The first-order chi connectivity index (χ1) is 11.5. The molecule has 8 nitrogen and oxygen atoms in total. The van der Waals surface area contributed by atoms with Crippen molar-refractivity contribution in [1.82, 2.24) is 5.43 Å². The molecule has 0 aliphatic heterocycles. The van der Waals surface area contributed by atoms with Crippen LogP contribution in [-0.4, -0.2) is 28.7 Å². The first kappa shape index (κ1) is 17.7. The molecule has 0 saturated heterocycles. The molecule has 2 aromatic carbocycles. The Morgan fingerprint density at radius 1 is 1.29 bits per heavy atom. The van der Waals surface area contributed by atoms with Crippen LogP contribution in [0.25, 0.3) is 0 Å². The van der Waals surface area contributed by atoms with Crippen molar-refractivity contribution in [3.05, 3.63) is 61.7 Å². The number of nitrogens with one attached hydrogen (secondary N) is 2. The molecule has 3 N–H and O–H groups in total. The van der Waals surface area contributed by atoms with E-state index in [0.717, 1.165) is 21.5 Å². The fourth-order valence-electron chi connectivity index (χ4n) is 1.72. The zero-order valence-electron chi connectivity index (χ0n) is 12.3. The number of amides is 1. The van der Waals surface area contributed by atoms with Crippen LogP contribution in [0.3, 0.4) is 0 Å². The highest BCUT2D eigenvalue weighted by molar-refractivity contribution is 14.1. The van der Waals surface area contributed by atoms with E-state index in [0.29, 0.717) is 0 Å². The second kappa shape index (κ2) is 8.24. The maximum Gasteiger partial charge on any atom is 0.270 e. The van der Waals surface area contributed by atoms with Gasteiger partial charge in [0.25, 0.3) is 11.6 Å². The smallest absolute Gasteiger partial charge is 0.270 e. The van der Waals surface area contributed by atoms with Crippen LogP contribution in [0.2, 0.25) is 0 Å². The van der Waals surface area contributed by atoms with E-state index in [9.17, 15) is 20.0 Å². The summed E-state index contributed by atoms with van der Waals surface area (Å²) >= 11 is 2.18. The normalized spacial score (nSPS) is 10.5. The molecular weight excluding hydrogens is 427 g/mol. The summed E-state index contributed by atoms with van der Waals surface area (Å²) in [4.78, 5) is 21.8. The highest BCUT2D eigenvalue weighted by Gasteiger charge is 2.08. The summed E-state index contributed by atoms with van der Waals surface area (Å²) in [6.07, 6.45) is 1.14. The van der Waals surface area contributed by atoms with Gasteiger partial charge in [-0.25, -0.2) is 5.43 Å². The van der Waals surface area contributed by atoms with Crippen LogP contribution in [0.4, 0.5) is 11.4 Å². The summed E-state index contributed by atoms with van der Waals surface area (Å²) in [5.41, 5.74) is 3.03. The van der Waals surface area contributed by atoms with E-state index >= 15 is 0 Å². The number of non-ortho nitro benzene ring substituents is 1. The van der Waals surface area contributed by atoms with E-state index in [2.05, 4.69) is 38.4 Å². The number of phenols is 1. The summed E-state index contributed by atoms with van der Waals surface area (Å²) in [5, 5.41) is 26.9. The second-order valence-electron chi connectivity index (χ2n) is 4.65. The van der Waals surface area contributed by atoms with E-state index in [1.165, 1.54) is 12.1 Å². The molecular formula is C15H13IN4O4. The van der Waals surface area contributed by atoms with Gasteiger partial charge in [-0.05, 0) is 52.9 Å². The van der Waals surface area contributed by atoms with Crippen molar-refractivity contribution >= 4 is 46.1 Å². The minimum atomic E-state index is -0.583. The number of nitrogens with zero attached hydrogens (tertiary/aromatic N) is 2. The monoisotopic (exact) mass is 440 g/mol. The number of hydrogen-bond acceptors (Lipinski definition) is 6. The summed E-state index contributed by atoms with van der Waals surface area (Å²) in [6.45, 7) is 0.0127. The minimum Gasteiger partial charge on any atom is -0.507 e. The largest absolute Gasteiger partial charge is 0.507 e. The summed E-state index contributed by atoms with van der Waals surface area (Å²) in [6, 6.07) is 11.0. The first-order valence-corrected chi connectivity index (χ1v) is 7.82. The first-order valence-electron chi connectivity index (χ1n) is 6.74. The molecule has 0 bridgehead atoms. The molecule has 0 unspecified atom stereocenters. The SMILES string of the molecule is O=C(CNc1ccc(I)cc1)NN=Cc1cc([N+](=O)[O-])ccc1O. The van der Waals surface area contributed by atoms with E-state index in [1.807, 2.05) is 24.3 Å². The maximum absolute atomic E-state index is 11.7. The van der Waals surface area contributed by atoms with Crippen LogP contribution in [0.5, 0.6) is 5.75 Å². The Morgan fingerprint density at radius 3 is 2.67 bits per heavy atom. The Morgan fingerprint density at radius 2 is 2.00 bits per heavy atom. The number of halogens is 1. The van der Waals surface area contributed by atoms with Crippen LogP contribution in [0.1, 0.15) is 5.56 Å². The second-order valence-corrected chi connectivity index (χ2v) is 5.90. The number of nitro groups is 1. The van der Waals surface area contributed by atoms with Crippen LogP contribution < -0.4 is 10.7 Å². The van der Waals surface area contributed by atoms with Crippen LogP contribution in [0, 0.1) is 13.7 Å². The molecule has 2 aromatic rings. The number of nitro benzene ring substituents is 1. The zero-order chi connectivity index (χ0) is 17.5. The van der Waals surface area contributed by atoms with Crippen LogP contribution >= 0.6 is 22.6 Å². The summed E-state index contributed by atoms with van der Waals surface area (Å²) in [7, 11) is 0. The van der Waals surface area contributed by atoms with Crippen molar-refractivity contribution in [2.45, 2.75) is 0 Å². The van der Waals surface area contributed by atoms with Crippen molar-refractivity contribution in [1.29, 1.82) is 0 Å². The molecule has 2 rings (SSSR count). The Hall–Kier alpha value is -2.69. The lowest BCUT2D eigenvalue weighted by Gasteiger charge is -2.05. The number of hydrazone groups is 1. The molecule has 0 spiro atoms. The highest BCUT2D eigenvalue weighted by Crippen LogP contribution is 2.21. The van der Waals surface area contributed by atoms with Gasteiger partial charge in [0.2, 0.25) is 0 Å². The number of anilines is 1. The van der Waals surface area contributed by atoms with Crippen LogP contribution in [-0.2, 0) is 4.79 Å². The Balaban J connectivity index is 1.89. The van der Waals surface area contributed by atoms with Gasteiger partial charge in [0.15, 0.2) is 0 Å². The third-order valence-corrected chi connectivity index (χ3v) is 3.63. The van der Waals surface area contributed by atoms with Gasteiger partial charge in [-0.1, -0.05) is 0 Å². The molecule has 0 heterocycles. The van der Waals surface area contributed by atoms with Gasteiger partial charge in [-0.2, -0.15) is 5.10 Å². The highest BCUT2D eigenvalue weighted by atomic mass is 127. The lowest BCUT2D eigenvalue weighted by Crippen LogP contribution is -2.25. The number of carbonyl (C=O) groups excluding carboxylic acids is 1. The number of rotatable bonds is 6. The fraction of sp³-hybridized carbons (Fsp3) is 0.0667. The van der Waals surface area contributed by atoms with Gasteiger partial charge < -0.3 is 10.4 Å². The molecule has 1 amide bonds. The van der Waals surface area contributed by atoms with Gasteiger partial charge in [0, 0.05) is 27.0 Å². The molecule has 9 heteroatoms. The molecule has 0 aliphatic carbocycles. The molecule has 0 fully saturated rings. The fourth-order valence-corrected chi connectivity index (χ4v) is 2.08. The summed E-state index contributed by atoms with van der Waals surface area (Å²) in [5.74, 6) is -0.565. The third-order valence-electron chi connectivity index (χ3n) is 2.91. The standard InChI is InChI=1S/C15H13IN4O4/c16-11-1-3-12(4-2-11)17-9-15(22)19-18-8-10-7-13(20(23)24)5-6-14(10)21/h1-8,17,21H,9H2,(H,19,22). The lowest BCUT2D eigenvalue weighted by molar-refractivity contribution is -0.384. The number of hydrogen-bond donors (Lipinski definition) is 3. The van der Waals surface area contributed by atoms with Gasteiger partial charge in [0.1, 0.15) is 5.75 Å². The van der Waals surface area contributed by atoms with Crippen molar-refractivity contribution in [3.8, 4) is 5.75 Å². The average molecular weight is 440 g/mol. The molecule has 0 aromatic heterocycles. The minimum absolute atomic E-state index is 0.0127. The predicted molar refractivity (Wildman–Crippen MR) is 98.1 cm³/mol. The number of carbonyl (C=O) groups is 1. The number of benzene rings is 2. The van der Waals surface area contributed by atoms with E-state index in [4.69, 9.17) is 0 Å². The topological polar surface area (TPSA) is 117 Å². The van der Waals surface area contributed by atoms with E-state index in [1.54, 1.807) is 0 Å². The van der Waals surface area contributed by atoms with Crippen molar-refractivity contribution in [3.63, 3.8) is 0 Å². The molecule has 0 saturated carbocycles. The van der Waals surface area contributed by atoms with E-state index in [-0.39, 0.29) is 23.5 Å². The number of phenolic OH excluding ortho intramolecular Hbond substituents is 1. The van der Waals surface area contributed by atoms with Gasteiger partial charge >= 0.3 is 0 Å². The molecule has 24 heavy (non-hydrogen) atoms. The molecule has 0 aliphatic rings. The predicted octanol–water partition coefficient (Wildman–Crippen LogP) is 2.47. The van der Waals surface area contributed by atoms with Gasteiger partial charge in [-0.3, -0.25) is 14.9 Å². The molecule has 0 atom stereocenters. The Bertz CT molecular complexity index is 778. The van der Waals surface area contributed by atoms with Crippen molar-refractivity contribution < 1.29 is 14.8 Å². The van der Waals surface area contributed by atoms with Gasteiger partial charge in [-0.15, -0.1) is 0 Å². The maximum atomic E-state index is 11.7. The Kier molecular flexibility index (Phi) is 6.07. The van der Waals surface area contributed by atoms with Crippen molar-refractivity contribution in [2.75, 3.05) is 11.9 Å². The lowest BCUT2D eigenvalue weighted by atomic mass is 10.2.